The maximum atomic E-state index is 12.8. The van der Waals surface area contributed by atoms with Crippen molar-refractivity contribution in [1.82, 2.24) is 9.21 Å². The van der Waals surface area contributed by atoms with Gasteiger partial charge in [0.2, 0.25) is 10.0 Å². The maximum Gasteiger partial charge on any atom is 0.269 e. The molecule has 0 radical (unpaired) electrons. The molecule has 1 saturated heterocycles. The lowest BCUT2D eigenvalue weighted by atomic mass is 10.1. The highest BCUT2D eigenvalue weighted by Crippen LogP contribution is 2.25. The number of carbonyl (C=O) groups is 1. The molecule has 1 atom stereocenters. The van der Waals surface area contributed by atoms with Gasteiger partial charge >= 0.3 is 0 Å². The van der Waals surface area contributed by atoms with Gasteiger partial charge in [0.25, 0.3) is 11.6 Å². The van der Waals surface area contributed by atoms with Crippen molar-refractivity contribution >= 4 is 21.6 Å². The third-order valence-corrected chi connectivity index (χ3v) is 7.18. The molecule has 1 fully saturated rings. The van der Waals surface area contributed by atoms with E-state index in [1.165, 1.54) is 45.6 Å². The summed E-state index contributed by atoms with van der Waals surface area (Å²) in [5, 5.41) is 11.0. The van der Waals surface area contributed by atoms with Crippen LogP contribution in [0.2, 0.25) is 0 Å². The number of nitro groups is 1. The van der Waals surface area contributed by atoms with Crippen molar-refractivity contribution in [3.63, 3.8) is 0 Å². The predicted octanol–water partition coefficient (Wildman–Crippen LogP) is 3.21. The predicted molar refractivity (Wildman–Crippen MR) is 108 cm³/mol. The molecule has 1 aliphatic heterocycles. The Balaban J connectivity index is 1.77. The zero-order chi connectivity index (χ0) is 21.2. The summed E-state index contributed by atoms with van der Waals surface area (Å²) in [5.74, 6) is -0.297. The molecule has 0 bridgehead atoms. The Morgan fingerprint density at radius 3 is 2.34 bits per heavy atom. The van der Waals surface area contributed by atoms with Gasteiger partial charge in [0.15, 0.2) is 0 Å². The lowest BCUT2D eigenvalue weighted by Crippen LogP contribution is -2.30. The zero-order valence-electron chi connectivity index (χ0n) is 16.3. The molecule has 3 rings (SSSR count). The van der Waals surface area contributed by atoms with Crippen molar-refractivity contribution in [1.29, 1.82) is 0 Å². The molecule has 1 amide bonds. The fraction of sp³-hybridized carbons (Fsp3) is 0.350. The van der Waals surface area contributed by atoms with Gasteiger partial charge in [0, 0.05) is 37.8 Å². The number of benzene rings is 2. The maximum absolute atomic E-state index is 12.8. The van der Waals surface area contributed by atoms with Crippen LogP contribution in [0.25, 0.3) is 0 Å². The molecular weight excluding hydrogens is 394 g/mol. The van der Waals surface area contributed by atoms with Gasteiger partial charge in [-0.2, -0.15) is 4.31 Å². The monoisotopic (exact) mass is 417 g/mol. The number of nitro benzene ring substituents is 1. The van der Waals surface area contributed by atoms with Crippen LogP contribution in [0, 0.1) is 10.1 Å². The number of non-ortho nitro benzene ring substituents is 1. The largest absolute Gasteiger partial charge is 0.335 e. The van der Waals surface area contributed by atoms with Gasteiger partial charge in [-0.1, -0.05) is 12.1 Å². The van der Waals surface area contributed by atoms with E-state index < -0.39 is 21.0 Å². The molecule has 0 N–H and O–H groups in total. The Hall–Kier alpha value is -2.78. The van der Waals surface area contributed by atoms with Crippen molar-refractivity contribution in [3.8, 4) is 0 Å². The van der Waals surface area contributed by atoms with E-state index in [4.69, 9.17) is 0 Å². The summed E-state index contributed by atoms with van der Waals surface area (Å²) in [6, 6.07) is 11.7. The third-order valence-electron chi connectivity index (χ3n) is 5.27. The molecular formula is C20H23N3O5S. The van der Waals surface area contributed by atoms with Crippen LogP contribution in [0.4, 0.5) is 5.69 Å². The number of carbonyl (C=O) groups excluding carboxylic acids is 1. The zero-order valence-corrected chi connectivity index (χ0v) is 17.1. The quantitative estimate of drug-likeness (QED) is 0.531. The number of hydrogen-bond donors (Lipinski definition) is 0. The average Bonchev–Trinajstić information content (AvgIpc) is 3.28. The molecule has 154 valence electrons. The summed E-state index contributed by atoms with van der Waals surface area (Å²) in [4.78, 5) is 25.0. The van der Waals surface area contributed by atoms with Gasteiger partial charge in [0.05, 0.1) is 15.9 Å². The van der Waals surface area contributed by atoms with E-state index in [0.29, 0.717) is 24.2 Å². The molecule has 0 aliphatic carbocycles. The average molecular weight is 417 g/mol. The number of hydrogen-bond acceptors (Lipinski definition) is 5. The lowest BCUT2D eigenvalue weighted by molar-refractivity contribution is -0.384. The fourth-order valence-electron chi connectivity index (χ4n) is 3.35. The van der Waals surface area contributed by atoms with E-state index in [-0.39, 0.29) is 16.5 Å². The molecule has 2 aromatic rings. The summed E-state index contributed by atoms with van der Waals surface area (Å²) in [6.45, 7) is 2.82. The van der Waals surface area contributed by atoms with Crippen LogP contribution in [0.5, 0.6) is 0 Å². The summed E-state index contributed by atoms with van der Waals surface area (Å²) in [6.07, 6.45) is 1.71. The fourth-order valence-corrected chi connectivity index (χ4v) is 4.87. The third kappa shape index (κ3) is 4.30. The molecule has 0 aromatic heterocycles. The Morgan fingerprint density at radius 1 is 1.14 bits per heavy atom. The highest BCUT2D eigenvalue weighted by Gasteiger charge is 2.27. The minimum absolute atomic E-state index is 0.0355. The van der Waals surface area contributed by atoms with Crippen molar-refractivity contribution < 1.29 is 18.1 Å². The molecule has 1 heterocycles. The van der Waals surface area contributed by atoms with Gasteiger partial charge in [-0.05, 0) is 49.6 Å². The van der Waals surface area contributed by atoms with Crippen LogP contribution >= 0.6 is 0 Å². The van der Waals surface area contributed by atoms with E-state index >= 15 is 0 Å². The smallest absolute Gasteiger partial charge is 0.269 e. The standard InChI is InChI=1S/C20H23N3O5S/c1-15(17-6-5-7-18(14-17)23(25)26)21(2)20(24)16-8-10-19(11-9-16)29(27,28)22-12-3-4-13-22/h5-11,14-15H,3-4,12-13H2,1-2H3/t15-/m1/s1. The van der Waals surface area contributed by atoms with Gasteiger partial charge in [0.1, 0.15) is 0 Å². The Kier molecular flexibility index (Phi) is 5.99. The van der Waals surface area contributed by atoms with E-state index in [1.807, 2.05) is 0 Å². The molecule has 8 nitrogen and oxygen atoms in total. The second-order valence-electron chi connectivity index (χ2n) is 7.08. The van der Waals surface area contributed by atoms with E-state index in [2.05, 4.69) is 0 Å². The minimum Gasteiger partial charge on any atom is -0.335 e. The molecule has 1 aliphatic rings. The molecule has 29 heavy (non-hydrogen) atoms. The molecule has 9 heteroatoms. The van der Waals surface area contributed by atoms with Crippen LogP contribution in [0.3, 0.4) is 0 Å². The molecule has 2 aromatic carbocycles. The molecule has 0 spiro atoms. The second kappa shape index (κ2) is 8.30. The van der Waals surface area contributed by atoms with Crippen LogP contribution in [0.15, 0.2) is 53.4 Å². The SMILES string of the molecule is C[C@H](c1cccc([N+](=O)[O-])c1)N(C)C(=O)c1ccc(S(=O)(=O)N2CCCC2)cc1. The number of rotatable bonds is 6. The Morgan fingerprint density at radius 2 is 1.76 bits per heavy atom. The first kappa shape index (κ1) is 20.9. The first-order valence-corrected chi connectivity index (χ1v) is 10.8. The van der Waals surface area contributed by atoms with Crippen molar-refractivity contribution in [2.24, 2.45) is 0 Å². The van der Waals surface area contributed by atoms with Gasteiger partial charge in [-0.15, -0.1) is 0 Å². The summed E-state index contributed by atoms with van der Waals surface area (Å²) < 4.78 is 26.7. The van der Waals surface area contributed by atoms with Crippen molar-refractivity contribution in [2.75, 3.05) is 20.1 Å². The van der Waals surface area contributed by atoms with Crippen molar-refractivity contribution in [3.05, 3.63) is 69.8 Å². The van der Waals surface area contributed by atoms with Gasteiger partial charge in [-0.25, -0.2) is 8.42 Å². The van der Waals surface area contributed by atoms with Crippen LogP contribution in [-0.4, -0.2) is 48.6 Å². The Labute approximate surface area is 169 Å². The van der Waals surface area contributed by atoms with Gasteiger partial charge < -0.3 is 4.90 Å². The van der Waals surface area contributed by atoms with E-state index in [0.717, 1.165) is 12.8 Å². The summed E-state index contributed by atoms with van der Waals surface area (Å²) >= 11 is 0. The minimum atomic E-state index is -3.53. The number of sulfonamides is 1. The highest BCUT2D eigenvalue weighted by atomic mass is 32.2. The summed E-state index contributed by atoms with van der Waals surface area (Å²) in [5.41, 5.74) is 0.958. The van der Waals surface area contributed by atoms with Crippen LogP contribution < -0.4 is 0 Å². The molecule has 0 saturated carbocycles. The first-order chi connectivity index (χ1) is 13.7. The van der Waals surface area contributed by atoms with Crippen LogP contribution in [-0.2, 0) is 10.0 Å². The van der Waals surface area contributed by atoms with E-state index in [9.17, 15) is 23.3 Å². The second-order valence-corrected chi connectivity index (χ2v) is 9.02. The lowest BCUT2D eigenvalue weighted by Gasteiger charge is -2.25. The topological polar surface area (TPSA) is 101 Å². The van der Waals surface area contributed by atoms with Gasteiger partial charge in [-0.3, -0.25) is 14.9 Å². The molecule has 0 unspecified atom stereocenters. The summed E-state index contributed by atoms with van der Waals surface area (Å²) in [7, 11) is -1.92. The Bertz CT molecular complexity index is 1010. The number of amides is 1. The van der Waals surface area contributed by atoms with Crippen molar-refractivity contribution in [2.45, 2.75) is 30.7 Å². The number of nitrogens with zero attached hydrogens (tertiary/aromatic N) is 3. The first-order valence-electron chi connectivity index (χ1n) is 9.33. The van der Waals surface area contributed by atoms with E-state index in [1.54, 1.807) is 26.1 Å². The van der Waals surface area contributed by atoms with Crippen LogP contribution in [0.1, 0.15) is 41.7 Å². The normalized spacial score (nSPS) is 15.8. The highest BCUT2D eigenvalue weighted by molar-refractivity contribution is 7.89.